The molecular formula is C13H18N2O. The molecule has 86 valence electrons. The van der Waals surface area contributed by atoms with E-state index in [4.69, 9.17) is 0 Å². The van der Waals surface area contributed by atoms with Crippen molar-refractivity contribution in [3.8, 4) is 0 Å². The van der Waals surface area contributed by atoms with Crippen molar-refractivity contribution in [1.82, 2.24) is 9.97 Å². The van der Waals surface area contributed by atoms with E-state index >= 15 is 0 Å². The second kappa shape index (κ2) is 4.73. The van der Waals surface area contributed by atoms with Crippen LogP contribution < -0.4 is 0 Å². The minimum atomic E-state index is -0.0696. The number of aromatic nitrogens is 2. The molecule has 0 radical (unpaired) electrons. The van der Waals surface area contributed by atoms with Crippen LogP contribution in [0.5, 0.6) is 0 Å². The highest BCUT2D eigenvalue weighted by Crippen LogP contribution is 2.26. The van der Waals surface area contributed by atoms with Crippen molar-refractivity contribution < 1.29 is 4.79 Å². The van der Waals surface area contributed by atoms with E-state index in [2.05, 4.69) is 9.97 Å². The summed E-state index contributed by atoms with van der Waals surface area (Å²) in [6.45, 7) is 3.87. The third-order valence-electron chi connectivity index (χ3n) is 3.40. The minimum Gasteiger partial charge on any atom is -0.299 e. The number of Topliss-reactive ketones (excluding diaryl/α,β-unsaturated/α-hetero) is 1. The molecule has 0 spiro atoms. The molecule has 1 aromatic rings. The zero-order chi connectivity index (χ0) is 11.5. The lowest BCUT2D eigenvalue weighted by molar-refractivity contribution is -0.119. The maximum absolute atomic E-state index is 11.7. The summed E-state index contributed by atoms with van der Waals surface area (Å²) in [5, 5.41) is 0. The molecule has 3 heteroatoms. The molecule has 0 fully saturated rings. The fraction of sp³-hybridized carbons (Fsp3) is 0.615. The van der Waals surface area contributed by atoms with Crippen molar-refractivity contribution in [2.75, 3.05) is 0 Å². The number of aryl methyl sites for hydroxylation is 1. The Morgan fingerprint density at radius 1 is 1.38 bits per heavy atom. The normalized spacial score (nSPS) is 16.6. The first-order valence-corrected chi connectivity index (χ1v) is 6.09. The average Bonchev–Trinajstić information content (AvgIpc) is 2.36. The van der Waals surface area contributed by atoms with Crippen molar-refractivity contribution in [1.29, 1.82) is 0 Å². The second-order valence-electron chi connectivity index (χ2n) is 4.43. The van der Waals surface area contributed by atoms with E-state index in [0.717, 1.165) is 24.2 Å². The monoisotopic (exact) mass is 218 g/mol. The molecule has 1 unspecified atom stereocenters. The van der Waals surface area contributed by atoms with Gasteiger partial charge in [-0.3, -0.25) is 4.79 Å². The smallest absolute Gasteiger partial charge is 0.141 e. The van der Waals surface area contributed by atoms with Gasteiger partial charge in [0.1, 0.15) is 12.1 Å². The molecule has 1 heterocycles. The van der Waals surface area contributed by atoms with Gasteiger partial charge in [0.25, 0.3) is 0 Å². The van der Waals surface area contributed by atoms with Gasteiger partial charge >= 0.3 is 0 Å². The molecule has 16 heavy (non-hydrogen) atoms. The van der Waals surface area contributed by atoms with Crippen LogP contribution in [-0.4, -0.2) is 15.8 Å². The molecule has 0 aromatic carbocycles. The van der Waals surface area contributed by atoms with Crippen LogP contribution in [-0.2, 0) is 17.6 Å². The first-order valence-electron chi connectivity index (χ1n) is 6.09. The van der Waals surface area contributed by atoms with E-state index in [1.54, 1.807) is 6.33 Å². The van der Waals surface area contributed by atoms with E-state index < -0.39 is 0 Å². The summed E-state index contributed by atoms with van der Waals surface area (Å²) in [4.78, 5) is 20.4. The Morgan fingerprint density at radius 2 is 2.12 bits per heavy atom. The molecule has 0 aliphatic heterocycles. The number of rotatable bonds is 3. The third kappa shape index (κ3) is 1.99. The first kappa shape index (κ1) is 11.2. The SMILES string of the molecule is CCC(=O)C(C)c1ncnc2c1CCCC2. The molecule has 1 aromatic heterocycles. The topological polar surface area (TPSA) is 42.9 Å². The van der Waals surface area contributed by atoms with E-state index in [0.29, 0.717) is 6.42 Å². The molecule has 2 rings (SSSR count). The number of hydrogen-bond acceptors (Lipinski definition) is 3. The van der Waals surface area contributed by atoms with E-state index in [1.807, 2.05) is 13.8 Å². The Kier molecular flexibility index (Phi) is 3.32. The molecular weight excluding hydrogens is 200 g/mol. The van der Waals surface area contributed by atoms with Gasteiger partial charge < -0.3 is 0 Å². The summed E-state index contributed by atoms with van der Waals surface area (Å²) in [6, 6.07) is 0. The van der Waals surface area contributed by atoms with Gasteiger partial charge in [-0.1, -0.05) is 6.92 Å². The fourth-order valence-corrected chi connectivity index (χ4v) is 2.38. The summed E-state index contributed by atoms with van der Waals surface area (Å²) >= 11 is 0. The highest BCUT2D eigenvalue weighted by molar-refractivity contribution is 5.84. The van der Waals surface area contributed by atoms with Crippen LogP contribution >= 0.6 is 0 Å². The van der Waals surface area contributed by atoms with Gasteiger partial charge in [0, 0.05) is 12.1 Å². The first-order chi connectivity index (χ1) is 7.74. The lowest BCUT2D eigenvalue weighted by Crippen LogP contribution is -2.16. The highest BCUT2D eigenvalue weighted by atomic mass is 16.1. The molecule has 3 nitrogen and oxygen atoms in total. The predicted octanol–water partition coefficient (Wildman–Crippen LogP) is 2.44. The zero-order valence-corrected chi connectivity index (χ0v) is 9.99. The van der Waals surface area contributed by atoms with E-state index in [-0.39, 0.29) is 11.7 Å². The Morgan fingerprint density at radius 3 is 2.88 bits per heavy atom. The number of ketones is 1. The number of nitrogens with zero attached hydrogens (tertiary/aromatic N) is 2. The number of hydrogen-bond donors (Lipinski definition) is 0. The summed E-state index contributed by atoms with van der Waals surface area (Å²) in [5.74, 6) is 0.200. The van der Waals surface area contributed by atoms with Crippen LogP contribution in [0.4, 0.5) is 0 Å². The highest BCUT2D eigenvalue weighted by Gasteiger charge is 2.22. The predicted molar refractivity (Wildman–Crippen MR) is 62.4 cm³/mol. The largest absolute Gasteiger partial charge is 0.299 e. The Hall–Kier alpha value is -1.25. The van der Waals surface area contributed by atoms with Crippen molar-refractivity contribution in [3.05, 3.63) is 23.3 Å². The van der Waals surface area contributed by atoms with Gasteiger partial charge in [-0.2, -0.15) is 0 Å². The molecule has 0 N–H and O–H groups in total. The average molecular weight is 218 g/mol. The van der Waals surface area contributed by atoms with Gasteiger partial charge in [-0.15, -0.1) is 0 Å². The van der Waals surface area contributed by atoms with Crippen LogP contribution in [0.25, 0.3) is 0 Å². The Balaban J connectivity index is 2.37. The quantitative estimate of drug-likeness (QED) is 0.782. The van der Waals surface area contributed by atoms with Crippen LogP contribution in [0.15, 0.2) is 6.33 Å². The minimum absolute atomic E-state index is 0.0696. The van der Waals surface area contributed by atoms with Crippen molar-refractivity contribution >= 4 is 5.78 Å². The van der Waals surface area contributed by atoms with Crippen LogP contribution in [0, 0.1) is 0 Å². The van der Waals surface area contributed by atoms with Gasteiger partial charge in [0.2, 0.25) is 0 Å². The zero-order valence-electron chi connectivity index (χ0n) is 9.99. The molecule has 1 aliphatic carbocycles. The van der Waals surface area contributed by atoms with Crippen molar-refractivity contribution in [3.63, 3.8) is 0 Å². The molecule has 0 amide bonds. The molecule has 1 aliphatic rings. The lowest BCUT2D eigenvalue weighted by atomic mass is 9.88. The van der Waals surface area contributed by atoms with Gasteiger partial charge in [-0.25, -0.2) is 9.97 Å². The number of fused-ring (bicyclic) bond motifs is 1. The van der Waals surface area contributed by atoms with Gasteiger partial charge in [0.15, 0.2) is 0 Å². The summed E-state index contributed by atoms with van der Waals surface area (Å²) in [6.07, 6.45) is 6.67. The van der Waals surface area contributed by atoms with Crippen LogP contribution in [0.1, 0.15) is 56.0 Å². The maximum Gasteiger partial charge on any atom is 0.141 e. The van der Waals surface area contributed by atoms with Gasteiger partial charge in [0.05, 0.1) is 11.6 Å². The lowest BCUT2D eigenvalue weighted by Gasteiger charge is -2.19. The molecule has 1 atom stereocenters. The molecule has 0 bridgehead atoms. The van der Waals surface area contributed by atoms with Gasteiger partial charge in [-0.05, 0) is 38.2 Å². The number of carbonyl (C=O) groups is 1. The van der Waals surface area contributed by atoms with E-state index in [9.17, 15) is 4.79 Å². The third-order valence-corrected chi connectivity index (χ3v) is 3.40. The summed E-state index contributed by atoms with van der Waals surface area (Å²) in [7, 11) is 0. The summed E-state index contributed by atoms with van der Waals surface area (Å²) in [5.41, 5.74) is 3.37. The standard InChI is InChI=1S/C13H18N2O/c1-3-12(16)9(2)13-10-6-4-5-7-11(10)14-8-15-13/h8-9H,3-7H2,1-2H3. The summed E-state index contributed by atoms with van der Waals surface area (Å²) < 4.78 is 0. The van der Waals surface area contributed by atoms with Crippen LogP contribution in [0.2, 0.25) is 0 Å². The number of carbonyl (C=O) groups excluding carboxylic acids is 1. The van der Waals surface area contributed by atoms with E-state index in [1.165, 1.54) is 18.4 Å². The maximum atomic E-state index is 11.7. The molecule has 0 saturated carbocycles. The van der Waals surface area contributed by atoms with Crippen LogP contribution in [0.3, 0.4) is 0 Å². The van der Waals surface area contributed by atoms with Crippen molar-refractivity contribution in [2.24, 2.45) is 0 Å². The fourth-order valence-electron chi connectivity index (χ4n) is 2.38. The Labute approximate surface area is 96.3 Å². The Bertz CT molecular complexity index is 401. The van der Waals surface area contributed by atoms with Crippen molar-refractivity contribution in [2.45, 2.75) is 51.9 Å². The molecule has 0 saturated heterocycles. The second-order valence-corrected chi connectivity index (χ2v) is 4.43.